The van der Waals surface area contributed by atoms with Gasteiger partial charge < -0.3 is 5.11 Å². The molecule has 0 saturated carbocycles. The second kappa shape index (κ2) is 7.86. The molecule has 3 aromatic rings. The van der Waals surface area contributed by atoms with Crippen LogP contribution in [-0.2, 0) is 5.72 Å². The topological polar surface area (TPSA) is 43.8 Å². The van der Waals surface area contributed by atoms with Gasteiger partial charge in [-0.25, -0.2) is 4.79 Å². The Kier molecular flexibility index (Phi) is 5.36. The summed E-state index contributed by atoms with van der Waals surface area (Å²) in [5, 5.41) is 12.4. The van der Waals surface area contributed by atoms with E-state index in [-0.39, 0.29) is 11.9 Å². The van der Waals surface area contributed by atoms with Gasteiger partial charge in [-0.05, 0) is 51.0 Å². The molecule has 1 saturated heterocycles. The smallest absolute Gasteiger partial charge is 0.332 e. The van der Waals surface area contributed by atoms with Gasteiger partial charge >= 0.3 is 6.03 Å². The minimum atomic E-state index is -1.52. The molecule has 1 aliphatic heterocycles. The highest BCUT2D eigenvalue weighted by molar-refractivity contribution is 6.08. The number of rotatable bonds is 4. The Morgan fingerprint density at radius 1 is 0.806 bits per heavy atom. The molecule has 3 aromatic carbocycles. The molecule has 2 atom stereocenters. The number of aliphatic hydroxyl groups is 1. The maximum atomic E-state index is 14.0. The van der Waals surface area contributed by atoms with Crippen LogP contribution >= 0.6 is 0 Å². The van der Waals surface area contributed by atoms with Gasteiger partial charge in [0.05, 0.1) is 6.04 Å². The summed E-state index contributed by atoms with van der Waals surface area (Å²) in [6, 6.07) is 22.8. The van der Waals surface area contributed by atoms with Crippen molar-refractivity contribution in [3.05, 3.63) is 95.1 Å². The van der Waals surface area contributed by atoms with Crippen LogP contribution in [-0.4, -0.2) is 17.2 Å². The number of carbonyl (C=O) groups is 1. The van der Waals surface area contributed by atoms with Crippen LogP contribution in [0.1, 0.15) is 36.1 Å². The zero-order chi connectivity index (χ0) is 22.3. The lowest BCUT2D eigenvalue weighted by molar-refractivity contribution is 0.0177. The van der Waals surface area contributed by atoms with Crippen molar-refractivity contribution >= 4 is 17.4 Å². The summed E-state index contributed by atoms with van der Waals surface area (Å²) in [6.07, 6.45) is 0. The highest BCUT2D eigenvalue weighted by atomic mass is 16.3. The number of hydrogen-bond acceptors (Lipinski definition) is 2. The first-order valence-electron chi connectivity index (χ1n) is 10.8. The first-order chi connectivity index (χ1) is 14.7. The third-order valence-electron chi connectivity index (χ3n) is 6.11. The third-order valence-corrected chi connectivity index (χ3v) is 6.11. The number of nitrogens with zero attached hydrogens (tertiary/aromatic N) is 2. The highest BCUT2D eigenvalue weighted by Gasteiger charge is 2.59. The summed E-state index contributed by atoms with van der Waals surface area (Å²) in [7, 11) is 0. The quantitative estimate of drug-likeness (QED) is 0.575. The largest absolute Gasteiger partial charge is 0.365 e. The maximum absolute atomic E-state index is 14.0. The van der Waals surface area contributed by atoms with E-state index in [1.54, 1.807) is 9.80 Å². The molecule has 4 heteroatoms. The zero-order valence-corrected chi connectivity index (χ0v) is 18.8. The lowest BCUT2D eigenvalue weighted by atomic mass is 9.86. The highest BCUT2D eigenvalue weighted by Crippen LogP contribution is 2.47. The van der Waals surface area contributed by atoms with E-state index in [9.17, 15) is 9.90 Å². The van der Waals surface area contributed by atoms with Crippen molar-refractivity contribution in [1.82, 2.24) is 0 Å². The Morgan fingerprint density at radius 2 is 1.35 bits per heavy atom. The fourth-order valence-electron chi connectivity index (χ4n) is 4.60. The van der Waals surface area contributed by atoms with Crippen molar-refractivity contribution in [2.45, 2.75) is 46.4 Å². The summed E-state index contributed by atoms with van der Waals surface area (Å²) in [5.41, 5.74) is 3.94. The molecule has 4 rings (SSSR count). The van der Waals surface area contributed by atoms with E-state index >= 15 is 0 Å². The average Bonchev–Trinajstić information content (AvgIpc) is 2.97. The summed E-state index contributed by atoms with van der Waals surface area (Å²) in [6.45, 7) is 10.1. The molecule has 0 radical (unpaired) electrons. The molecule has 2 amide bonds. The Morgan fingerprint density at radius 3 is 1.87 bits per heavy atom. The van der Waals surface area contributed by atoms with Crippen molar-refractivity contribution in [2.75, 3.05) is 9.80 Å². The Hall–Kier alpha value is -3.11. The van der Waals surface area contributed by atoms with E-state index in [2.05, 4.69) is 13.8 Å². The number of urea groups is 1. The molecule has 2 unspecified atom stereocenters. The number of anilines is 2. The van der Waals surface area contributed by atoms with Crippen molar-refractivity contribution in [2.24, 2.45) is 5.92 Å². The first kappa shape index (κ1) is 21.1. The Balaban J connectivity index is 1.97. The molecule has 1 heterocycles. The van der Waals surface area contributed by atoms with Gasteiger partial charge in [0.25, 0.3) is 0 Å². The maximum Gasteiger partial charge on any atom is 0.332 e. The minimum Gasteiger partial charge on any atom is -0.365 e. The number of benzene rings is 3. The van der Waals surface area contributed by atoms with Crippen LogP contribution < -0.4 is 9.80 Å². The summed E-state index contributed by atoms with van der Waals surface area (Å²) in [4.78, 5) is 17.3. The fraction of sp³-hybridized carbons (Fsp3) is 0.296. The number of aryl methyl sites for hydroxylation is 3. The zero-order valence-electron chi connectivity index (χ0n) is 18.8. The minimum absolute atomic E-state index is 0.00575. The molecule has 4 nitrogen and oxygen atoms in total. The second-order valence-corrected chi connectivity index (χ2v) is 8.94. The molecule has 1 N–H and O–H groups in total. The predicted octanol–water partition coefficient (Wildman–Crippen LogP) is 5.93. The lowest BCUT2D eigenvalue weighted by Crippen LogP contribution is -2.52. The van der Waals surface area contributed by atoms with Gasteiger partial charge in [0.2, 0.25) is 0 Å². The van der Waals surface area contributed by atoms with Gasteiger partial charge in [0, 0.05) is 16.9 Å². The van der Waals surface area contributed by atoms with Crippen LogP contribution in [0.5, 0.6) is 0 Å². The van der Waals surface area contributed by atoms with Gasteiger partial charge in [0.1, 0.15) is 0 Å². The average molecular weight is 415 g/mol. The van der Waals surface area contributed by atoms with Crippen molar-refractivity contribution < 1.29 is 9.90 Å². The summed E-state index contributed by atoms with van der Waals surface area (Å²) >= 11 is 0. The second-order valence-electron chi connectivity index (χ2n) is 8.94. The normalized spacial score (nSPS) is 21.3. The van der Waals surface area contributed by atoms with E-state index in [1.165, 1.54) is 0 Å². The monoisotopic (exact) mass is 414 g/mol. The van der Waals surface area contributed by atoms with Crippen molar-refractivity contribution in [1.29, 1.82) is 0 Å². The van der Waals surface area contributed by atoms with Gasteiger partial charge in [0.15, 0.2) is 5.72 Å². The third kappa shape index (κ3) is 3.51. The van der Waals surface area contributed by atoms with E-state index in [4.69, 9.17) is 0 Å². The Bertz CT molecular complexity index is 1090. The number of hydrogen-bond donors (Lipinski definition) is 1. The van der Waals surface area contributed by atoms with E-state index in [1.807, 2.05) is 93.6 Å². The van der Waals surface area contributed by atoms with Gasteiger partial charge in [-0.2, -0.15) is 0 Å². The molecule has 0 aromatic heterocycles. The number of carbonyl (C=O) groups excluding carboxylic acids is 1. The lowest BCUT2D eigenvalue weighted by Gasteiger charge is -2.39. The van der Waals surface area contributed by atoms with Crippen LogP contribution in [0.4, 0.5) is 16.2 Å². The fourth-order valence-corrected chi connectivity index (χ4v) is 4.60. The van der Waals surface area contributed by atoms with E-state index in [0.717, 1.165) is 27.9 Å². The number of amides is 2. The molecule has 1 fully saturated rings. The molecular formula is C27H30N2O2. The van der Waals surface area contributed by atoms with Gasteiger partial charge in [-0.1, -0.05) is 79.1 Å². The van der Waals surface area contributed by atoms with E-state index < -0.39 is 11.8 Å². The van der Waals surface area contributed by atoms with Crippen LogP contribution in [0.15, 0.2) is 72.8 Å². The predicted molar refractivity (Wildman–Crippen MR) is 126 cm³/mol. The van der Waals surface area contributed by atoms with Crippen LogP contribution in [0, 0.1) is 26.7 Å². The summed E-state index contributed by atoms with van der Waals surface area (Å²) < 4.78 is 0. The summed E-state index contributed by atoms with van der Waals surface area (Å²) in [5.74, 6) is 0.00575. The molecular weight excluding hydrogens is 384 g/mol. The Labute approximate surface area is 184 Å². The molecule has 0 bridgehead atoms. The van der Waals surface area contributed by atoms with Gasteiger partial charge in [-0.3, -0.25) is 9.80 Å². The standard InChI is InChI=1S/C27H30N2O2/c1-18(2)25-27(31,22-8-6-7-21(5)17-22)29(24-15-11-20(4)12-16-24)26(30)28(25)23-13-9-19(3)10-14-23/h6-18,25,31H,1-5H3. The van der Waals surface area contributed by atoms with Crippen LogP contribution in [0.3, 0.4) is 0 Å². The van der Waals surface area contributed by atoms with Crippen LogP contribution in [0.25, 0.3) is 0 Å². The van der Waals surface area contributed by atoms with Crippen LogP contribution in [0.2, 0.25) is 0 Å². The van der Waals surface area contributed by atoms with Crippen molar-refractivity contribution in [3.8, 4) is 0 Å². The molecule has 0 aliphatic carbocycles. The first-order valence-corrected chi connectivity index (χ1v) is 10.8. The SMILES string of the molecule is Cc1ccc(N2C(=O)N(c3ccc(C)cc3)C(O)(c3cccc(C)c3)C2C(C)C)cc1. The molecule has 160 valence electrons. The van der Waals surface area contributed by atoms with E-state index in [0.29, 0.717) is 5.69 Å². The van der Waals surface area contributed by atoms with Crippen molar-refractivity contribution in [3.63, 3.8) is 0 Å². The molecule has 0 spiro atoms. The van der Waals surface area contributed by atoms with Gasteiger partial charge in [-0.15, -0.1) is 0 Å². The molecule has 1 aliphatic rings. The molecule has 31 heavy (non-hydrogen) atoms.